The molecule has 0 aliphatic heterocycles. The minimum Gasteiger partial charge on any atom is -0.390 e. The average molecular weight is 267 g/mol. The van der Waals surface area contributed by atoms with E-state index in [0.717, 1.165) is 25.0 Å². The van der Waals surface area contributed by atoms with E-state index < -0.39 is 5.60 Å². The lowest BCUT2D eigenvalue weighted by Crippen LogP contribution is -2.47. The van der Waals surface area contributed by atoms with E-state index in [9.17, 15) is 5.11 Å². The van der Waals surface area contributed by atoms with Crippen molar-refractivity contribution >= 4 is 0 Å². The summed E-state index contributed by atoms with van der Waals surface area (Å²) < 4.78 is 0. The fourth-order valence-electron chi connectivity index (χ4n) is 3.89. The highest BCUT2D eigenvalue weighted by Gasteiger charge is 2.29. The van der Waals surface area contributed by atoms with Crippen LogP contribution < -0.4 is 0 Å². The van der Waals surface area contributed by atoms with E-state index >= 15 is 0 Å². The van der Waals surface area contributed by atoms with E-state index in [1.54, 1.807) is 0 Å². The molecule has 0 unspecified atom stereocenters. The van der Waals surface area contributed by atoms with Gasteiger partial charge in [-0.15, -0.1) is 0 Å². The van der Waals surface area contributed by atoms with E-state index in [-0.39, 0.29) is 0 Å². The third-order valence-electron chi connectivity index (χ3n) is 5.07. The summed E-state index contributed by atoms with van der Waals surface area (Å²) in [4.78, 5) is 2.79. The van der Waals surface area contributed by atoms with Gasteiger partial charge in [-0.05, 0) is 46.0 Å². The zero-order chi connectivity index (χ0) is 13.7. The molecule has 0 saturated heterocycles. The molecule has 0 aromatic carbocycles. The summed E-state index contributed by atoms with van der Waals surface area (Å²) >= 11 is 0. The fourth-order valence-corrected chi connectivity index (χ4v) is 3.89. The standard InChI is InChI=1S/C17H33NO/c1-17(2,19)13-14-18(15-9-5-3-6-10-15)16-11-7-4-8-12-16/h15-16,19H,3-14H2,1-2H3. The molecule has 2 saturated carbocycles. The number of aliphatic hydroxyl groups is 1. The van der Waals surface area contributed by atoms with Gasteiger partial charge in [0.15, 0.2) is 0 Å². The maximum absolute atomic E-state index is 10.0. The molecule has 2 heteroatoms. The number of hydrogen-bond donors (Lipinski definition) is 1. The van der Waals surface area contributed by atoms with E-state index in [1.165, 1.54) is 64.2 Å². The Morgan fingerprint density at radius 1 is 0.842 bits per heavy atom. The Morgan fingerprint density at radius 3 is 1.63 bits per heavy atom. The lowest BCUT2D eigenvalue weighted by atomic mass is 9.88. The molecule has 1 N–H and O–H groups in total. The van der Waals surface area contributed by atoms with Crippen LogP contribution >= 0.6 is 0 Å². The van der Waals surface area contributed by atoms with E-state index in [2.05, 4.69) is 4.90 Å². The first-order chi connectivity index (χ1) is 9.06. The van der Waals surface area contributed by atoms with E-state index in [4.69, 9.17) is 0 Å². The smallest absolute Gasteiger partial charge is 0.0603 e. The lowest BCUT2D eigenvalue weighted by Gasteiger charge is -2.42. The van der Waals surface area contributed by atoms with Gasteiger partial charge in [-0.25, -0.2) is 0 Å². The minimum atomic E-state index is -0.512. The first-order valence-corrected chi connectivity index (χ1v) is 8.54. The van der Waals surface area contributed by atoms with Gasteiger partial charge in [-0.3, -0.25) is 4.90 Å². The highest BCUT2D eigenvalue weighted by atomic mass is 16.3. The molecule has 2 nitrogen and oxygen atoms in total. The molecule has 0 aromatic heterocycles. The second-order valence-corrected chi connectivity index (χ2v) is 7.38. The summed E-state index contributed by atoms with van der Waals surface area (Å²) in [5.41, 5.74) is -0.512. The van der Waals surface area contributed by atoms with Gasteiger partial charge in [-0.2, -0.15) is 0 Å². The van der Waals surface area contributed by atoms with Crippen molar-refractivity contribution in [3.63, 3.8) is 0 Å². The number of hydrogen-bond acceptors (Lipinski definition) is 2. The molecule has 2 aliphatic carbocycles. The summed E-state index contributed by atoms with van der Waals surface area (Å²) in [7, 11) is 0. The Balaban J connectivity index is 1.94. The zero-order valence-electron chi connectivity index (χ0n) is 13.0. The molecule has 0 bridgehead atoms. The van der Waals surface area contributed by atoms with Crippen LogP contribution in [0.4, 0.5) is 0 Å². The first-order valence-electron chi connectivity index (χ1n) is 8.54. The van der Waals surface area contributed by atoms with Gasteiger partial charge in [0.2, 0.25) is 0 Å². The highest BCUT2D eigenvalue weighted by molar-refractivity contribution is 4.85. The maximum Gasteiger partial charge on any atom is 0.0603 e. The topological polar surface area (TPSA) is 23.5 Å². The van der Waals surface area contributed by atoms with Crippen LogP contribution in [0, 0.1) is 0 Å². The molecule has 0 aromatic rings. The SMILES string of the molecule is CC(C)(O)CCN(C1CCCCC1)C1CCCCC1. The Bertz CT molecular complexity index is 228. The van der Waals surface area contributed by atoms with Gasteiger partial charge in [0.25, 0.3) is 0 Å². The van der Waals surface area contributed by atoms with Crippen molar-refractivity contribution in [2.24, 2.45) is 0 Å². The van der Waals surface area contributed by atoms with Gasteiger partial charge in [0.1, 0.15) is 0 Å². The van der Waals surface area contributed by atoms with Crippen LogP contribution in [0.5, 0.6) is 0 Å². The average Bonchev–Trinajstić information content (AvgIpc) is 2.40. The van der Waals surface area contributed by atoms with Gasteiger partial charge >= 0.3 is 0 Å². The Kier molecular flexibility index (Phi) is 5.70. The van der Waals surface area contributed by atoms with E-state index in [1.807, 2.05) is 13.8 Å². The highest BCUT2D eigenvalue weighted by Crippen LogP contribution is 2.30. The van der Waals surface area contributed by atoms with Crippen molar-refractivity contribution in [3.05, 3.63) is 0 Å². The van der Waals surface area contributed by atoms with Crippen molar-refractivity contribution in [2.75, 3.05) is 6.54 Å². The van der Waals surface area contributed by atoms with Crippen LogP contribution in [0.15, 0.2) is 0 Å². The predicted octanol–water partition coefficient (Wildman–Crippen LogP) is 4.11. The molecule has 2 aliphatic rings. The van der Waals surface area contributed by atoms with Crippen molar-refractivity contribution < 1.29 is 5.11 Å². The lowest BCUT2D eigenvalue weighted by molar-refractivity contribution is 0.0251. The van der Waals surface area contributed by atoms with Gasteiger partial charge in [0, 0.05) is 18.6 Å². The largest absolute Gasteiger partial charge is 0.390 e. The first kappa shape index (κ1) is 15.3. The molecular weight excluding hydrogens is 234 g/mol. The summed E-state index contributed by atoms with van der Waals surface area (Å²) in [6.07, 6.45) is 15.0. The summed E-state index contributed by atoms with van der Waals surface area (Å²) in [6, 6.07) is 1.61. The van der Waals surface area contributed by atoms with Gasteiger partial charge in [-0.1, -0.05) is 38.5 Å². The normalized spacial score (nSPS) is 24.0. The molecule has 2 rings (SSSR count). The van der Waals surface area contributed by atoms with Gasteiger partial charge < -0.3 is 5.11 Å². The second kappa shape index (κ2) is 7.08. The fraction of sp³-hybridized carbons (Fsp3) is 1.00. The van der Waals surface area contributed by atoms with Crippen LogP contribution in [0.1, 0.15) is 84.5 Å². The summed E-state index contributed by atoms with van der Waals surface area (Å²) in [6.45, 7) is 5.00. The quantitative estimate of drug-likeness (QED) is 0.810. The molecule has 0 spiro atoms. The monoisotopic (exact) mass is 267 g/mol. The Hall–Kier alpha value is -0.0800. The summed E-state index contributed by atoms with van der Waals surface area (Å²) in [5, 5.41) is 10.0. The molecule has 112 valence electrons. The van der Waals surface area contributed by atoms with Crippen LogP contribution in [0.2, 0.25) is 0 Å². The Labute approximate surface area is 119 Å². The van der Waals surface area contributed by atoms with Crippen LogP contribution in [-0.4, -0.2) is 34.2 Å². The van der Waals surface area contributed by atoms with Crippen molar-refractivity contribution in [3.8, 4) is 0 Å². The number of rotatable bonds is 5. The predicted molar refractivity (Wildman–Crippen MR) is 81.4 cm³/mol. The van der Waals surface area contributed by atoms with Crippen molar-refractivity contribution in [2.45, 2.75) is 102 Å². The molecule has 0 atom stereocenters. The van der Waals surface area contributed by atoms with Crippen molar-refractivity contribution in [1.82, 2.24) is 4.90 Å². The van der Waals surface area contributed by atoms with Crippen LogP contribution in [-0.2, 0) is 0 Å². The molecule has 0 radical (unpaired) electrons. The van der Waals surface area contributed by atoms with E-state index in [0.29, 0.717) is 0 Å². The van der Waals surface area contributed by atoms with Crippen LogP contribution in [0.25, 0.3) is 0 Å². The van der Waals surface area contributed by atoms with Gasteiger partial charge in [0.05, 0.1) is 5.60 Å². The second-order valence-electron chi connectivity index (χ2n) is 7.38. The third-order valence-corrected chi connectivity index (χ3v) is 5.07. The zero-order valence-corrected chi connectivity index (χ0v) is 13.0. The molecule has 0 heterocycles. The molecule has 0 amide bonds. The maximum atomic E-state index is 10.0. The number of nitrogens with zero attached hydrogens (tertiary/aromatic N) is 1. The van der Waals surface area contributed by atoms with Crippen molar-refractivity contribution in [1.29, 1.82) is 0 Å². The summed E-state index contributed by atoms with van der Waals surface area (Å²) in [5.74, 6) is 0. The Morgan fingerprint density at radius 2 is 1.26 bits per heavy atom. The molecule has 2 fully saturated rings. The van der Waals surface area contributed by atoms with Crippen LogP contribution in [0.3, 0.4) is 0 Å². The minimum absolute atomic E-state index is 0.512. The molecule has 19 heavy (non-hydrogen) atoms. The third kappa shape index (κ3) is 5.07. The molecular formula is C17H33NO.